The first-order chi connectivity index (χ1) is 12.1. The number of nitrogens with two attached hydrogens (primary N) is 1. The maximum atomic E-state index is 12.4. The third-order valence-corrected chi connectivity index (χ3v) is 4.02. The molecule has 138 valence electrons. The van der Waals surface area contributed by atoms with Crippen LogP contribution in [0.4, 0.5) is 5.88 Å². The third kappa shape index (κ3) is 4.17. The number of hydrogen-bond donors (Lipinski definition) is 2. The molecule has 1 atom stereocenters. The molecule has 0 bridgehead atoms. The summed E-state index contributed by atoms with van der Waals surface area (Å²) in [4.78, 5) is 35.7. The summed E-state index contributed by atoms with van der Waals surface area (Å²) in [6, 6.07) is 4.56. The number of benzene rings is 1. The van der Waals surface area contributed by atoms with Crippen LogP contribution in [-0.2, 0) is 4.79 Å². The SMILES string of the molecule is CC(=O)c1c(C)oc(NC(=O)C(C)Oc2ccc(Cl)cc2Cl)c1C(N)=O. The molecule has 2 amide bonds. The van der Waals surface area contributed by atoms with Crippen molar-refractivity contribution in [1.82, 2.24) is 0 Å². The number of halogens is 2. The lowest BCUT2D eigenvalue weighted by atomic mass is 10.1. The van der Waals surface area contributed by atoms with E-state index in [-0.39, 0.29) is 33.5 Å². The Balaban J connectivity index is 2.23. The van der Waals surface area contributed by atoms with Crippen LogP contribution in [0.25, 0.3) is 0 Å². The van der Waals surface area contributed by atoms with E-state index in [1.54, 1.807) is 6.07 Å². The van der Waals surface area contributed by atoms with E-state index in [1.165, 1.54) is 32.9 Å². The molecule has 0 aliphatic heterocycles. The number of carbonyl (C=O) groups excluding carboxylic acids is 3. The predicted octanol–water partition coefficient (Wildman–Crippen LogP) is 3.60. The largest absolute Gasteiger partial charge is 0.479 e. The minimum Gasteiger partial charge on any atom is -0.479 e. The Morgan fingerprint density at radius 3 is 2.42 bits per heavy atom. The summed E-state index contributed by atoms with van der Waals surface area (Å²) in [5, 5.41) is 3.07. The Kier molecular flexibility index (Phi) is 5.94. The van der Waals surface area contributed by atoms with Gasteiger partial charge in [0.2, 0.25) is 5.88 Å². The van der Waals surface area contributed by atoms with Crippen molar-refractivity contribution in [1.29, 1.82) is 0 Å². The highest BCUT2D eigenvalue weighted by molar-refractivity contribution is 6.35. The standard InChI is InChI=1S/C17H16Cl2N2O5/c1-7(22)13-8(2)26-17(14(13)15(20)23)21-16(24)9(3)25-12-5-4-10(18)6-11(12)19/h4-6,9H,1-3H3,(H2,20,23)(H,21,24). The van der Waals surface area contributed by atoms with E-state index in [0.717, 1.165) is 0 Å². The van der Waals surface area contributed by atoms with Gasteiger partial charge in [-0.05, 0) is 39.0 Å². The molecule has 7 nitrogen and oxygen atoms in total. The molecule has 9 heteroatoms. The maximum absolute atomic E-state index is 12.4. The van der Waals surface area contributed by atoms with Gasteiger partial charge in [0, 0.05) is 5.02 Å². The number of ether oxygens (including phenoxy) is 1. The van der Waals surface area contributed by atoms with Crippen LogP contribution in [0.2, 0.25) is 10.0 Å². The molecule has 1 unspecified atom stereocenters. The van der Waals surface area contributed by atoms with Crippen LogP contribution >= 0.6 is 23.2 Å². The van der Waals surface area contributed by atoms with Crippen LogP contribution < -0.4 is 15.8 Å². The van der Waals surface area contributed by atoms with Crippen molar-refractivity contribution in [2.45, 2.75) is 26.9 Å². The molecule has 0 aliphatic carbocycles. The Bertz CT molecular complexity index is 892. The van der Waals surface area contributed by atoms with Gasteiger partial charge in [0.1, 0.15) is 17.1 Å². The lowest BCUT2D eigenvalue weighted by Gasteiger charge is -2.15. The molecule has 0 spiro atoms. The normalized spacial score (nSPS) is 11.7. The van der Waals surface area contributed by atoms with E-state index in [2.05, 4.69) is 5.32 Å². The Morgan fingerprint density at radius 2 is 1.88 bits per heavy atom. The zero-order valence-electron chi connectivity index (χ0n) is 14.2. The summed E-state index contributed by atoms with van der Waals surface area (Å²) in [5.41, 5.74) is 5.16. The van der Waals surface area contributed by atoms with Gasteiger partial charge in [-0.2, -0.15) is 0 Å². The summed E-state index contributed by atoms with van der Waals surface area (Å²) in [5.74, 6) is -1.69. The number of aryl methyl sites for hydroxylation is 1. The zero-order valence-corrected chi connectivity index (χ0v) is 15.7. The molecule has 0 saturated carbocycles. The monoisotopic (exact) mass is 398 g/mol. The van der Waals surface area contributed by atoms with Crippen molar-refractivity contribution >= 4 is 46.7 Å². The maximum Gasteiger partial charge on any atom is 0.267 e. The lowest BCUT2D eigenvalue weighted by Crippen LogP contribution is -2.31. The summed E-state index contributed by atoms with van der Waals surface area (Å²) < 4.78 is 10.8. The summed E-state index contributed by atoms with van der Waals surface area (Å²) in [7, 11) is 0. The second-order valence-electron chi connectivity index (χ2n) is 5.48. The number of hydrogen-bond acceptors (Lipinski definition) is 5. The topological polar surface area (TPSA) is 112 Å². The first-order valence-corrected chi connectivity index (χ1v) is 8.24. The Morgan fingerprint density at radius 1 is 1.23 bits per heavy atom. The molecule has 3 N–H and O–H groups in total. The summed E-state index contributed by atoms with van der Waals surface area (Å²) in [6.45, 7) is 4.24. The molecule has 0 aliphatic rings. The van der Waals surface area contributed by atoms with Gasteiger partial charge in [0.05, 0.1) is 10.6 Å². The molecule has 1 heterocycles. The quantitative estimate of drug-likeness (QED) is 0.721. The van der Waals surface area contributed by atoms with E-state index in [4.69, 9.17) is 38.1 Å². The van der Waals surface area contributed by atoms with Gasteiger partial charge in [-0.25, -0.2) is 0 Å². The van der Waals surface area contributed by atoms with Gasteiger partial charge in [-0.3, -0.25) is 19.7 Å². The van der Waals surface area contributed by atoms with Crippen molar-refractivity contribution < 1.29 is 23.5 Å². The van der Waals surface area contributed by atoms with Crippen molar-refractivity contribution in [3.8, 4) is 5.75 Å². The van der Waals surface area contributed by atoms with Gasteiger partial charge in [-0.1, -0.05) is 23.2 Å². The highest BCUT2D eigenvalue weighted by atomic mass is 35.5. The molecule has 0 saturated heterocycles. The van der Waals surface area contributed by atoms with Gasteiger partial charge in [-0.15, -0.1) is 0 Å². The van der Waals surface area contributed by atoms with E-state index in [1.807, 2.05) is 0 Å². The van der Waals surface area contributed by atoms with E-state index < -0.39 is 23.7 Å². The number of ketones is 1. The number of nitrogens with one attached hydrogen (secondary N) is 1. The number of primary amides is 1. The molecule has 26 heavy (non-hydrogen) atoms. The highest BCUT2D eigenvalue weighted by Crippen LogP contribution is 2.30. The van der Waals surface area contributed by atoms with E-state index in [0.29, 0.717) is 5.02 Å². The summed E-state index contributed by atoms with van der Waals surface area (Å²) >= 11 is 11.8. The third-order valence-electron chi connectivity index (χ3n) is 3.49. The molecular weight excluding hydrogens is 383 g/mol. The molecular formula is C17H16Cl2N2O5. The van der Waals surface area contributed by atoms with Crippen LogP contribution in [0.15, 0.2) is 22.6 Å². The van der Waals surface area contributed by atoms with Crippen LogP contribution in [0.5, 0.6) is 5.75 Å². The molecule has 0 radical (unpaired) electrons. The van der Waals surface area contributed by atoms with E-state index >= 15 is 0 Å². The Hall–Kier alpha value is -2.51. The zero-order chi connectivity index (χ0) is 19.6. The molecule has 1 aromatic heterocycles. The van der Waals surface area contributed by atoms with E-state index in [9.17, 15) is 14.4 Å². The highest BCUT2D eigenvalue weighted by Gasteiger charge is 2.27. The van der Waals surface area contributed by atoms with Crippen LogP contribution in [0, 0.1) is 6.92 Å². The van der Waals surface area contributed by atoms with Gasteiger partial charge in [0.15, 0.2) is 11.9 Å². The van der Waals surface area contributed by atoms with Crippen LogP contribution in [0.3, 0.4) is 0 Å². The number of rotatable bonds is 6. The smallest absolute Gasteiger partial charge is 0.267 e. The molecule has 2 aromatic rings. The van der Waals surface area contributed by atoms with Gasteiger partial charge in [0.25, 0.3) is 11.8 Å². The van der Waals surface area contributed by atoms with Crippen molar-refractivity contribution in [3.05, 3.63) is 45.1 Å². The fraction of sp³-hybridized carbons (Fsp3) is 0.235. The summed E-state index contributed by atoms with van der Waals surface area (Å²) in [6.07, 6.45) is -0.986. The first kappa shape index (κ1) is 19.8. The molecule has 1 aromatic carbocycles. The first-order valence-electron chi connectivity index (χ1n) is 7.48. The van der Waals surface area contributed by atoms with Crippen LogP contribution in [-0.4, -0.2) is 23.7 Å². The Labute approximate surface area is 159 Å². The number of anilines is 1. The average molecular weight is 399 g/mol. The van der Waals surface area contributed by atoms with Crippen molar-refractivity contribution in [3.63, 3.8) is 0 Å². The van der Waals surface area contributed by atoms with Crippen molar-refractivity contribution in [2.75, 3.05) is 5.32 Å². The number of Topliss-reactive ketones (excluding diaryl/α,β-unsaturated/α-hetero) is 1. The lowest BCUT2D eigenvalue weighted by molar-refractivity contribution is -0.122. The number of carbonyl (C=O) groups is 3. The molecule has 2 rings (SSSR count). The fourth-order valence-corrected chi connectivity index (χ4v) is 2.77. The van der Waals surface area contributed by atoms with Gasteiger partial charge < -0.3 is 14.9 Å². The number of furan rings is 1. The number of amides is 2. The minimum atomic E-state index is -0.986. The van der Waals surface area contributed by atoms with Crippen LogP contribution in [0.1, 0.15) is 40.3 Å². The second kappa shape index (κ2) is 7.80. The second-order valence-corrected chi connectivity index (χ2v) is 6.33. The average Bonchev–Trinajstić information content (AvgIpc) is 2.86. The minimum absolute atomic E-state index is 0.0297. The predicted molar refractivity (Wildman–Crippen MR) is 97.1 cm³/mol. The van der Waals surface area contributed by atoms with Crippen molar-refractivity contribution in [2.24, 2.45) is 5.73 Å². The fourth-order valence-electron chi connectivity index (χ4n) is 2.32. The molecule has 0 fully saturated rings. The van der Waals surface area contributed by atoms with Gasteiger partial charge >= 0.3 is 0 Å².